The number of nitrogens with one attached hydrogen (secondary N) is 2. The molecule has 156 valence electrons. The van der Waals surface area contributed by atoms with E-state index in [2.05, 4.69) is 20.5 Å². The van der Waals surface area contributed by atoms with Crippen molar-refractivity contribution in [2.45, 2.75) is 19.5 Å². The van der Waals surface area contributed by atoms with Gasteiger partial charge in [0.1, 0.15) is 11.6 Å². The van der Waals surface area contributed by atoms with Crippen molar-refractivity contribution < 1.29 is 14.2 Å². The van der Waals surface area contributed by atoms with Gasteiger partial charge in [0.15, 0.2) is 5.96 Å². The largest absolute Gasteiger partial charge is 0.508 e. The maximum absolute atomic E-state index is 13.4. The summed E-state index contributed by atoms with van der Waals surface area (Å²) < 4.78 is 18.9. The average molecular weight is 400 g/mol. The standard InChI is InChI=1S/C22H29FN4O2/c1-2-24-22(25-15-17-3-9-20(28)10-4-17)26-16-21(27-11-13-29-14-12-27)18-5-7-19(23)8-6-18/h3-10,21,28H,2,11-16H2,1H3,(H2,24,25,26). The second-order valence-corrected chi connectivity index (χ2v) is 6.96. The molecule has 1 aliphatic rings. The topological polar surface area (TPSA) is 69.1 Å². The maximum Gasteiger partial charge on any atom is 0.191 e. The Bertz CT molecular complexity index is 774. The first-order valence-corrected chi connectivity index (χ1v) is 10.0. The van der Waals surface area contributed by atoms with Crippen LogP contribution >= 0.6 is 0 Å². The van der Waals surface area contributed by atoms with E-state index in [9.17, 15) is 9.50 Å². The zero-order valence-electron chi connectivity index (χ0n) is 16.8. The van der Waals surface area contributed by atoms with Crippen molar-refractivity contribution in [1.82, 2.24) is 15.5 Å². The van der Waals surface area contributed by atoms with Gasteiger partial charge in [-0.05, 0) is 42.3 Å². The van der Waals surface area contributed by atoms with E-state index in [-0.39, 0.29) is 17.6 Å². The number of aromatic hydroxyl groups is 1. The van der Waals surface area contributed by atoms with E-state index in [1.807, 2.05) is 31.2 Å². The van der Waals surface area contributed by atoms with Crippen molar-refractivity contribution in [1.29, 1.82) is 0 Å². The predicted octanol–water partition coefficient (Wildman–Crippen LogP) is 2.66. The van der Waals surface area contributed by atoms with E-state index < -0.39 is 0 Å². The molecule has 1 saturated heterocycles. The lowest BCUT2D eigenvalue weighted by atomic mass is 10.0. The molecule has 1 unspecified atom stereocenters. The highest BCUT2D eigenvalue weighted by atomic mass is 19.1. The fourth-order valence-electron chi connectivity index (χ4n) is 3.34. The molecular formula is C22H29FN4O2. The molecule has 6 nitrogen and oxygen atoms in total. The van der Waals surface area contributed by atoms with E-state index in [1.165, 1.54) is 12.1 Å². The van der Waals surface area contributed by atoms with Crippen molar-refractivity contribution in [3.8, 4) is 5.75 Å². The molecule has 7 heteroatoms. The molecule has 2 aromatic rings. The second-order valence-electron chi connectivity index (χ2n) is 6.96. The van der Waals surface area contributed by atoms with Crippen LogP contribution in [0.2, 0.25) is 0 Å². The van der Waals surface area contributed by atoms with E-state index in [1.54, 1.807) is 12.1 Å². The molecule has 1 heterocycles. The Kier molecular flexibility index (Phi) is 7.84. The third-order valence-electron chi connectivity index (χ3n) is 4.90. The third kappa shape index (κ3) is 6.44. The summed E-state index contributed by atoms with van der Waals surface area (Å²) in [6, 6.07) is 13.8. The zero-order valence-corrected chi connectivity index (χ0v) is 16.8. The SMILES string of the molecule is CCNC(=NCc1ccc(O)cc1)NCC(c1ccc(F)cc1)N1CCOCC1. The minimum atomic E-state index is -0.230. The summed E-state index contributed by atoms with van der Waals surface area (Å²) in [5.74, 6) is 0.739. The molecule has 3 N–H and O–H groups in total. The lowest BCUT2D eigenvalue weighted by Crippen LogP contribution is -2.46. The van der Waals surface area contributed by atoms with Crippen LogP contribution in [0.15, 0.2) is 53.5 Å². The van der Waals surface area contributed by atoms with E-state index in [0.29, 0.717) is 26.3 Å². The van der Waals surface area contributed by atoms with Gasteiger partial charge in [0.05, 0.1) is 25.8 Å². The zero-order chi connectivity index (χ0) is 20.5. The van der Waals surface area contributed by atoms with Crippen LogP contribution in [0.25, 0.3) is 0 Å². The molecule has 2 aromatic carbocycles. The fourth-order valence-corrected chi connectivity index (χ4v) is 3.34. The molecule has 0 aliphatic carbocycles. The van der Waals surface area contributed by atoms with Crippen molar-refractivity contribution in [3.63, 3.8) is 0 Å². The highest BCUT2D eigenvalue weighted by Crippen LogP contribution is 2.21. The third-order valence-corrected chi connectivity index (χ3v) is 4.90. The van der Waals surface area contributed by atoms with E-state index in [4.69, 9.17) is 4.74 Å². The van der Waals surface area contributed by atoms with Crippen molar-refractivity contribution >= 4 is 5.96 Å². The summed E-state index contributed by atoms with van der Waals surface area (Å²) in [5, 5.41) is 16.1. The van der Waals surface area contributed by atoms with Crippen molar-refractivity contribution in [2.24, 2.45) is 4.99 Å². The lowest BCUT2D eigenvalue weighted by Gasteiger charge is -2.35. The predicted molar refractivity (Wildman–Crippen MR) is 112 cm³/mol. The van der Waals surface area contributed by atoms with Gasteiger partial charge in [-0.3, -0.25) is 4.90 Å². The average Bonchev–Trinajstić information content (AvgIpc) is 2.75. The Hall–Kier alpha value is -2.64. The van der Waals surface area contributed by atoms with Gasteiger partial charge in [0, 0.05) is 26.2 Å². The fraction of sp³-hybridized carbons (Fsp3) is 0.409. The van der Waals surface area contributed by atoms with Gasteiger partial charge in [0.25, 0.3) is 0 Å². The van der Waals surface area contributed by atoms with Gasteiger partial charge in [-0.1, -0.05) is 24.3 Å². The van der Waals surface area contributed by atoms with E-state index in [0.717, 1.165) is 36.7 Å². The summed E-state index contributed by atoms with van der Waals surface area (Å²) in [6.45, 7) is 7.01. The minimum absolute atomic E-state index is 0.0945. The Morgan fingerprint density at radius 1 is 1.10 bits per heavy atom. The number of ether oxygens (including phenoxy) is 1. The van der Waals surface area contributed by atoms with Gasteiger partial charge in [-0.15, -0.1) is 0 Å². The summed E-state index contributed by atoms with van der Waals surface area (Å²) in [7, 11) is 0. The number of rotatable bonds is 7. The van der Waals surface area contributed by atoms with Crippen LogP contribution in [0, 0.1) is 5.82 Å². The summed E-state index contributed by atoms with van der Waals surface area (Å²) in [4.78, 5) is 7.00. The Balaban J connectivity index is 1.69. The van der Waals surface area contributed by atoms with Crippen molar-refractivity contribution in [3.05, 3.63) is 65.5 Å². The number of aliphatic imine (C=N–C) groups is 1. The van der Waals surface area contributed by atoms with Crippen LogP contribution in [0.4, 0.5) is 4.39 Å². The number of phenolic OH excluding ortho intramolecular Hbond substituents is 1. The molecule has 1 aliphatic heterocycles. The first-order chi connectivity index (χ1) is 14.2. The molecule has 0 spiro atoms. The number of hydrogen-bond donors (Lipinski definition) is 3. The van der Waals surface area contributed by atoms with Crippen LogP contribution in [-0.2, 0) is 11.3 Å². The van der Waals surface area contributed by atoms with Gasteiger partial charge in [-0.25, -0.2) is 9.38 Å². The molecule has 0 bridgehead atoms. The normalized spacial score (nSPS) is 16.4. The van der Waals surface area contributed by atoms with Crippen LogP contribution in [0.3, 0.4) is 0 Å². The maximum atomic E-state index is 13.4. The first-order valence-electron chi connectivity index (χ1n) is 10.0. The smallest absolute Gasteiger partial charge is 0.191 e. The number of phenols is 1. The number of nitrogens with zero attached hydrogens (tertiary/aromatic N) is 2. The monoisotopic (exact) mass is 400 g/mol. The molecule has 1 fully saturated rings. The van der Waals surface area contributed by atoms with Crippen molar-refractivity contribution in [2.75, 3.05) is 39.4 Å². The Morgan fingerprint density at radius 3 is 2.45 bits per heavy atom. The van der Waals surface area contributed by atoms with Gasteiger partial charge >= 0.3 is 0 Å². The molecule has 0 aromatic heterocycles. The minimum Gasteiger partial charge on any atom is -0.508 e. The lowest BCUT2D eigenvalue weighted by molar-refractivity contribution is 0.0170. The molecular weight excluding hydrogens is 371 g/mol. The summed E-state index contributed by atoms with van der Waals surface area (Å²) in [5.41, 5.74) is 2.08. The molecule has 0 radical (unpaired) electrons. The number of benzene rings is 2. The van der Waals surface area contributed by atoms with Gasteiger partial charge in [-0.2, -0.15) is 0 Å². The second kappa shape index (κ2) is 10.8. The molecule has 3 rings (SSSR count). The highest BCUT2D eigenvalue weighted by molar-refractivity contribution is 5.79. The van der Waals surface area contributed by atoms with Gasteiger partial charge < -0.3 is 20.5 Å². The first kappa shape index (κ1) is 21.1. The van der Waals surface area contributed by atoms with Crippen LogP contribution in [0.5, 0.6) is 5.75 Å². The van der Waals surface area contributed by atoms with E-state index >= 15 is 0 Å². The number of morpholine rings is 1. The quantitative estimate of drug-likeness (QED) is 0.493. The Labute approximate surface area is 171 Å². The van der Waals surface area contributed by atoms with Crippen LogP contribution in [-0.4, -0.2) is 55.4 Å². The number of halogens is 1. The molecule has 0 saturated carbocycles. The summed E-state index contributed by atoms with van der Waals surface area (Å²) in [6.07, 6.45) is 0. The van der Waals surface area contributed by atoms with Crippen LogP contribution < -0.4 is 10.6 Å². The molecule has 0 amide bonds. The highest BCUT2D eigenvalue weighted by Gasteiger charge is 2.23. The number of hydrogen-bond acceptors (Lipinski definition) is 4. The molecule has 29 heavy (non-hydrogen) atoms. The van der Waals surface area contributed by atoms with Crippen LogP contribution in [0.1, 0.15) is 24.1 Å². The molecule has 1 atom stereocenters. The van der Waals surface area contributed by atoms with Gasteiger partial charge in [0.2, 0.25) is 0 Å². The number of guanidine groups is 1. The summed E-state index contributed by atoms with van der Waals surface area (Å²) >= 11 is 0. The Morgan fingerprint density at radius 2 is 1.79 bits per heavy atom.